The molecule has 10 nitrogen and oxygen atoms in total. The van der Waals surface area contributed by atoms with Crippen LogP contribution in [-0.2, 0) is 25.5 Å². The maximum atomic E-state index is 12.5. The summed E-state index contributed by atoms with van der Waals surface area (Å²) in [5.74, 6) is -0.936. The summed E-state index contributed by atoms with van der Waals surface area (Å²) in [6, 6.07) is 8.92. The Morgan fingerprint density at radius 3 is 2.59 bits per heavy atom. The van der Waals surface area contributed by atoms with Gasteiger partial charge in [-0.2, -0.15) is 0 Å². The molecule has 0 spiro atoms. The number of nitrogens with zero attached hydrogens (tertiary/aromatic N) is 1. The largest absolute Gasteiger partial charge is 0.497 e. The van der Waals surface area contributed by atoms with Crippen LogP contribution in [0.25, 0.3) is 0 Å². The van der Waals surface area contributed by atoms with Gasteiger partial charge in [-0.3, -0.25) is 14.4 Å². The molecule has 0 fully saturated rings. The number of methoxy groups -OCH3 is 2. The number of carbonyl (C=O) groups is 3. The normalized spacial score (nSPS) is 11.1. The molecule has 0 bridgehead atoms. The fraction of sp³-hybridized carbons (Fsp3) is 0.364. The molecule has 1 heterocycles. The third-order valence-electron chi connectivity index (χ3n) is 4.15. The van der Waals surface area contributed by atoms with Gasteiger partial charge in [-0.25, -0.2) is 4.98 Å². The summed E-state index contributed by atoms with van der Waals surface area (Å²) in [7, 11) is 2.96. The number of aromatic nitrogens is 1. The molecule has 2 aromatic rings. The molecule has 1 atom stereocenters. The molecule has 0 aliphatic carbocycles. The molecule has 10 heteroatoms. The van der Waals surface area contributed by atoms with Crippen molar-refractivity contribution in [3.63, 3.8) is 0 Å². The summed E-state index contributed by atoms with van der Waals surface area (Å²) in [6.07, 6.45) is 1.42. The maximum absolute atomic E-state index is 12.5. The van der Waals surface area contributed by atoms with E-state index in [1.54, 1.807) is 14.0 Å². The lowest BCUT2D eigenvalue weighted by atomic mass is 10.1. The quantitative estimate of drug-likeness (QED) is 0.407. The van der Waals surface area contributed by atoms with Crippen LogP contribution in [0.1, 0.15) is 29.9 Å². The third kappa shape index (κ3) is 7.46. The molecule has 0 radical (unpaired) electrons. The van der Waals surface area contributed by atoms with E-state index in [1.165, 1.54) is 26.3 Å². The fourth-order valence-corrected chi connectivity index (χ4v) is 2.74. The molecule has 1 N–H and O–H groups in total. The van der Waals surface area contributed by atoms with Gasteiger partial charge in [0.2, 0.25) is 6.79 Å². The first-order chi connectivity index (χ1) is 15.3. The number of hydrogen-bond donors (Lipinski definition) is 1. The van der Waals surface area contributed by atoms with Crippen molar-refractivity contribution in [1.82, 2.24) is 10.3 Å². The Balaban J connectivity index is 1.93. The second-order valence-electron chi connectivity index (χ2n) is 6.63. The van der Waals surface area contributed by atoms with Gasteiger partial charge < -0.3 is 29.0 Å². The van der Waals surface area contributed by atoms with E-state index < -0.39 is 30.7 Å². The van der Waals surface area contributed by atoms with Gasteiger partial charge in [-0.05, 0) is 24.6 Å². The van der Waals surface area contributed by atoms with Gasteiger partial charge in [0.25, 0.3) is 5.91 Å². The predicted octanol–water partition coefficient (Wildman–Crippen LogP) is 1.90. The Kier molecular flexibility index (Phi) is 9.27. The highest BCUT2D eigenvalue weighted by molar-refractivity contribution is 5.97. The topological polar surface area (TPSA) is 122 Å². The summed E-state index contributed by atoms with van der Waals surface area (Å²) in [6.45, 7) is 2.17. The van der Waals surface area contributed by atoms with Crippen molar-refractivity contribution >= 4 is 17.8 Å². The molecular formula is C22H26N2O8. The van der Waals surface area contributed by atoms with Gasteiger partial charge in [0, 0.05) is 25.6 Å². The second-order valence-corrected chi connectivity index (χ2v) is 6.63. The van der Waals surface area contributed by atoms with Gasteiger partial charge in [0.15, 0.2) is 17.2 Å². The number of pyridine rings is 1. The highest BCUT2D eigenvalue weighted by Gasteiger charge is 2.21. The lowest BCUT2D eigenvalue weighted by molar-refractivity contribution is -0.148. The van der Waals surface area contributed by atoms with E-state index in [2.05, 4.69) is 10.3 Å². The summed E-state index contributed by atoms with van der Waals surface area (Å²) in [4.78, 5) is 39.6. The molecule has 1 aromatic carbocycles. The van der Waals surface area contributed by atoms with Crippen LogP contribution in [0, 0.1) is 0 Å². The lowest BCUT2D eigenvalue weighted by Crippen LogP contribution is -2.33. The van der Waals surface area contributed by atoms with Crippen LogP contribution in [0.4, 0.5) is 0 Å². The van der Waals surface area contributed by atoms with Crippen LogP contribution in [0.5, 0.6) is 17.2 Å². The minimum absolute atomic E-state index is 0.0199. The average molecular weight is 446 g/mol. The number of rotatable bonds is 11. The highest BCUT2D eigenvalue weighted by Crippen LogP contribution is 2.29. The van der Waals surface area contributed by atoms with E-state index in [4.69, 9.17) is 23.7 Å². The summed E-state index contributed by atoms with van der Waals surface area (Å²) < 4.78 is 25.8. The number of esters is 2. The van der Waals surface area contributed by atoms with Gasteiger partial charge >= 0.3 is 11.9 Å². The van der Waals surface area contributed by atoms with Crippen molar-refractivity contribution in [1.29, 1.82) is 0 Å². The number of amides is 1. The molecule has 32 heavy (non-hydrogen) atoms. The smallest absolute Gasteiger partial charge is 0.325 e. The Labute approximate surface area is 185 Å². The highest BCUT2D eigenvalue weighted by atomic mass is 16.7. The van der Waals surface area contributed by atoms with Crippen LogP contribution in [0.3, 0.4) is 0 Å². The second kappa shape index (κ2) is 12.1. The van der Waals surface area contributed by atoms with Gasteiger partial charge in [-0.15, -0.1) is 0 Å². The fourth-order valence-electron chi connectivity index (χ4n) is 2.74. The van der Waals surface area contributed by atoms with Crippen molar-refractivity contribution in [3.05, 3.63) is 47.8 Å². The zero-order valence-electron chi connectivity index (χ0n) is 18.4. The van der Waals surface area contributed by atoms with E-state index in [9.17, 15) is 14.4 Å². The minimum Gasteiger partial charge on any atom is -0.497 e. The van der Waals surface area contributed by atoms with Crippen molar-refractivity contribution < 1.29 is 38.1 Å². The summed E-state index contributed by atoms with van der Waals surface area (Å²) >= 11 is 0. The zero-order chi connectivity index (χ0) is 23.5. The first kappa shape index (κ1) is 24.4. The Morgan fingerprint density at radius 2 is 1.91 bits per heavy atom. The van der Waals surface area contributed by atoms with E-state index in [-0.39, 0.29) is 23.7 Å². The van der Waals surface area contributed by atoms with Crippen LogP contribution < -0.4 is 19.5 Å². The number of ether oxygens (including phenoxy) is 5. The molecule has 2 rings (SSSR count). The van der Waals surface area contributed by atoms with Crippen molar-refractivity contribution in [2.45, 2.75) is 26.4 Å². The molecule has 1 amide bonds. The SMILES string of the molecule is COc1cccc(CC(C)OC(=O)CNC(=O)c2nccc(OC)c2OCOC(C)=O)c1. The predicted molar refractivity (Wildman–Crippen MR) is 113 cm³/mol. The van der Waals surface area contributed by atoms with Gasteiger partial charge in [0.05, 0.1) is 14.2 Å². The Bertz CT molecular complexity index is 947. The van der Waals surface area contributed by atoms with Crippen LogP contribution >= 0.6 is 0 Å². The zero-order valence-corrected chi connectivity index (χ0v) is 18.4. The molecular weight excluding hydrogens is 420 g/mol. The van der Waals surface area contributed by atoms with Crippen molar-refractivity contribution in [2.75, 3.05) is 27.6 Å². The molecule has 1 aromatic heterocycles. The van der Waals surface area contributed by atoms with Crippen LogP contribution in [0.2, 0.25) is 0 Å². The number of hydrogen-bond acceptors (Lipinski definition) is 9. The van der Waals surface area contributed by atoms with Gasteiger partial charge in [0.1, 0.15) is 18.4 Å². The Morgan fingerprint density at radius 1 is 1.12 bits per heavy atom. The number of carbonyl (C=O) groups excluding carboxylic acids is 3. The summed E-state index contributed by atoms with van der Waals surface area (Å²) in [5, 5.41) is 2.44. The first-order valence-corrected chi connectivity index (χ1v) is 9.73. The lowest BCUT2D eigenvalue weighted by Gasteiger charge is -2.15. The molecule has 1 unspecified atom stereocenters. The van der Waals surface area contributed by atoms with Crippen molar-refractivity contribution in [2.24, 2.45) is 0 Å². The Hall–Kier alpha value is -3.82. The first-order valence-electron chi connectivity index (χ1n) is 9.73. The molecule has 0 aliphatic rings. The third-order valence-corrected chi connectivity index (χ3v) is 4.15. The molecule has 172 valence electrons. The average Bonchev–Trinajstić information content (AvgIpc) is 2.77. The van der Waals surface area contributed by atoms with E-state index in [1.807, 2.05) is 24.3 Å². The number of benzene rings is 1. The van der Waals surface area contributed by atoms with E-state index in [0.717, 1.165) is 5.56 Å². The van der Waals surface area contributed by atoms with E-state index >= 15 is 0 Å². The standard InChI is InChI=1S/C22H26N2O8/c1-14(10-16-6-5-7-17(11-16)28-3)32-19(26)12-24-22(27)20-21(31-13-30-15(2)25)18(29-4)8-9-23-20/h5-9,11,14H,10,12-13H2,1-4H3,(H,24,27). The number of nitrogens with one attached hydrogen (secondary N) is 1. The monoisotopic (exact) mass is 446 g/mol. The van der Waals surface area contributed by atoms with Crippen LogP contribution in [-0.4, -0.2) is 56.5 Å². The van der Waals surface area contributed by atoms with Gasteiger partial charge in [-0.1, -0.05) is 12.1 Å². The van der Waals surface area contributed by atoms with Crippen LogP contribution in [0.15, 0.2) is 36.5 Å². The summed E-state index contributed by atoms with van der Waals surface area (Å²) in [5.41, 5.74) is 0.817. The minimum atomic E-state index is -0.681. The molecule has 0 aliphatic heterocycles. The molecule has 0 saturated heterocycles. The molecule has 0 saturated carbocycles. The van der Waals surface area contributed by atoms with E-state index in [0.29, 0.717) is 12.2 Å². The maximum Gasteiger partial charge on any atom is 0.325 e. The van der Waals surface area contributed by atoms with Crippen molar-refractivity contribution in [3.8, 4) is 17.2 Å².